The van der Waals surface area contributed by atoms with Gasteiger partial charge in [0.15, 0.2) is 24.7 Å². The summed E-state index contributed by atoms with van der Waals surface area (Å²) in [6.45, 7) is 10.00. The fourth-order valence-electron chi connectivity index (χ4n) is 14.4. The van der Waals surface area contributed by atoms with Crippen LogP contribution in [0, 0.1) is 52.3 Å². The topological polar surface area (TPSA) is 273 Å². The van der Waals surface area contributed by atoms with Crippen LogP contribution < -0.4 is 0 Å². The van der Waals surface area contributed by atoms with Gasteiger partial charge in [0.1, 0.15) is 72.9 Å². The Morgan fingerprint density at radius 2 is 1.30 bits per heavy atom. The number of rotatable bonds is 8. The van der Waals surface area contributed by atoms with Gasteiger partial charge in [-0.2, -0.15) is 0 Å². The molecule has 0 bridgehead atoms. The Bertz CT molecular complexity index is 1630. The Labute approximate surface area is 368 Å². The van der Waals surface area contributed by atoms with Crippen LogP contribution in [0.5, 0.6) is 0 Å². The lowest BCUT2D eigenvalue weighted by Gasteiger charge is -2.60. The van der Waals surface area contributed by atoms with Gasteiger partial charge in [0, 0.05) is 24.7 Å². The van der Waals surface area contributed by atoms with Gasteiger partial charge in [0.2, 0.25) is 0 Å². The number of hydrogen-bond donors (Lipinski definition) is 9. The van der Waals surface area contributed by atoms with Crippen LogP contribution in [0.3, 0.4) is 0 Å². The highest BCUT2D eigenvalue weighted by atomic mass is 16.8. The molecule has 4 saturated carbocycles. The third kappa shape index (κ3) is 7.70. The van der Waals surface area contributed by atoms with Crippen molar-refractivity contribution in [1.82, 2.24) is 0 Å². The highest BCUT2D eigenvalue weighted by Gasteiger charge is 2.70. The van der Waals surface area contributed by atoms with E-state index in [1.807, 2.05) is 0 Å². The molecular formula is C45H72O18. The largest absolute Gasteiger partial charge is 0.394 e. The summed E-state index contributed by atoms with van der Waals surface area (Å²) in [4.78, 5) is 14.5. The molecule has 9 N–H and O–H groups in total. The average Bonchev–Trinajstić information content (AvgIpc) is 3.71. The van der Waals surface area contributed by atoms with Crippen molar-refractivity contribution in [3.8, 4) is 0 Å². The minimum Gasteiger partial charge on any atom is -0.394 e. The summed E-state index contributed by atoms with van der Waals surface area (Å²) in [5.41, 5.74) is -0.225. The highest BCUT2D eigenvalue weighted by molar-refractivity contribution is 5.83. The van der Waals surface area contributed by atoms with Crippen LogP contribution in [0.2, 0.25) is 0 Å². The lowest BCUT2D eigenvalue weighted by molar-refractivity contribution is -0.390. The quantitative estimate of drug-likeness (QED) is 0.139. The second kappa shape index (κ2) is 17.5. The van der Waals surface area contributed by atoms with Gasteiger partial charge in [-0.1, -0.05) is 27.7 Å². The number of ketones is 1. The van der Waals surface area contributed by atoms with Gasteiger partial charge in [0.05, 0.1) is 38.1 Å². The number of Topliss-reactive ketones (excluding diaryl/α,β-unsaturated/α-hetero) is 1. The van der Waals surface area contributed by atoms with E-state index in [0.29, 0.717) is 49.4 Å². The zero-order chi connectivity index (χ0) is 45.1. The van der Waals surface area contributed by atoms with Crippen molar-refractivity contribution >= 4 is 5.78 Å². The molecule has 9 rings (SSSR count). The summed E-state index contributed by atoms with van der Waals surface area (Å²) in [6.07, 6.45) is -16.8. The van der Waals surface area contributed by atoms with Crippen molar-refractivity contribution in [3.05, 3.63) is 0 Å². The standard InChI is InChI=1S/C45H72O18/c1-18-6-11-45(56-17-18)19(2)30-27(63-45)14-24-22-13-26(48)25-12-21(7-9-43(25,4)23(22)8-10-44(24,30)5)58-42-39(62-40-35(53)33(51)31(49)20(3)57-40)37(55)38(29(16-47)60-42)61-41-36(54)34(52)32(50)28(15-46)59-41/h18-25,27-42,46-47,49-55H,6-17H2,1-5H3. The van der Waals surface area contributed by atoms with E-state index < -0.39 is 117 Å². The molecule has 360 valence electrons. The first-order valence-electron chi connectivity index (χ1n) is 23.6. The van der Waals surface area contributed by atoms with Crippen LogP contribution in [0.15, 0.2) is 0 Å². The molecule has 1 spiro atoms. The molecule has 0 aromatic rings. The average molecular weight is 901 g/mol. The fraction of sp³-hybridized carbons (Fsp3) is 0.978. The second-order valence-electron chi connectivity index (χ2n) is 21.5. The lowest BCUT2D eigenvalue weighted by atomic mass is 9.44. The summed E-state index contributed by atoms with van der Waals surface area (Å²) in [7, 11) is 0. The molecule has 5 heterocycles. The first-order valence-corrected chi connectivity index (χ1v) is 23.6. The molecular weight excluding hydrogens is 828 g/mol. The molecule has 0 radical (unpaired) electrons. The maximum Gasteiger partial charge on any atom is 0.187 e. The maximum atomic E-state index is 14.5. The predicted octanol–water partition coefficient (Wildman–Crippen LogP) is -0.527. The molecule has 5 aliphatic heterocycles. The summed E-state index contributed by atoms with van der Waals surface area (Å²) < 4.78 is 49.7. The zero-order valence-electron chi connectivity index (χ0n) is 37.0. The number of ether oxygens (including phenoxy) is 8. The van der Waals surface area contributed by atoms with Crippen LogP contribution in [-0.2, 0) is 42.7 Å². The lowest BCUT2D eigenvalue weighted by Crippen LogP contribution is -2.67. The molecule has 27 atom stereocenters. The van der Waals surface area contributed by atoms with Gasteiger partial charge in [-0.25, -0.2) is 0 Å². The molecule has 63 heavy (non-hydrogen) atoms. The number of carbonyl (C=O) groups excluding carboxylic acids is 1. The van der Waals surface area contributed by atoms with Crippen LogP contribution >= 0.6 is 0 Å². The maximum absolute atomic E-state index is 14.5. The van der Waals surface area contributed by atoms with Crippen LogP contribution in [0.25, 0.3) is 0 Å². The van der Waals surface area contributed by atoms with E-state index >= 15 is 0 Å². The van der Waals surface area contributed by atoms with Gasteiger partial charge in [-0.05, 0) is 92.3 Å². The first kappa shape index (κ1) is 47.1. The molecule has 4 aliphatic carbocycles. The van der Waals surface area contributed by atoms with E-state index in [1.54, 1.807) is 0 Å². The zero-order valence-corrected chi connectivity index (χ0v) is 37.0. The van der Waals surface area contributed by atoms with E-state index in [9.17, 15) is 50.8 Å². The van der Waals surface area contributed by atoms with Gasteiger partial charge < -0.3 is 83.9 Å². The third-order valence-electron chi connectivity index (χ3n) is 18.0. The Hall–Kier alpha value is -1.01. The van der Waals surface area contributed by atoms with Crippen LogP contribution in [0.1, 0.15) is 92.4 Å². The van der Waals surface area contributed by atoms with Crippen molar-refractivity contribution < 1.29 is 88.6 Å². The van der Waals surface area contributed by atoms with E-state index in [-0.39, 0.29) is 40.5 Å². The fourth-order valence-corrected chi connectivity index (χ4v) is 14.4. The van der Waals surface area contributed by atoms with Crippen molar-refractivity contribution in [2.45, 2.75) is 203 Å². The van der Waals surface area contributed by atoms with E-state index in [1.165, 1.54) is 6.92 Å². The Morgan fingerprint density at radius 1 is 0.651 bits per heavy atom. The number of hydrogen-bond acceptors (Lipinski definition) is 18. The SMILES string of the molecule is CC1CCC2(OC1)OC1CC3C4CC(=O)C5CC(OC6OC(CO)C(OC7OC(CO)C(O)C(O)C7O)C(O)C6OC6OC(C)C(O)C(O)C6O)CCC5(C)C4CCC3(C)C1C2C. The third-order valence-corrected chi connectivity index (χ3v) is 18.0. The molecule has 27 unspecified atom stereocenters. The number of aliphatic hydroxyl groups is 9. The second-order valence-corrected chi connectivity index (χ2v) is 21.5. The highest BCUT2D eigenvalue weighted by Crippen LogP contribution is 2.71. The summed E-state index contributed by atoms with van der Waals surface area (Å²) in [5, 5.41) is 95.7. The summed E-state index contributed by atoms with van der Waals surface area (Å²) in [5.74, 6) is 1.54. The first-order chi connectivity index (χ1) is 29.8. The van der Waals surface area contributed by atoms with Crippen LogP contribution in [0.4, 0.5) is 0 Å². The van der Waals surface area contributed by atoms with Gasteiger partial charge >= 0.3 is 0 Å². The molecule has 9 fully saturated rings. The number of aliphatic hydroxyl groups excluding tert-OH is 9. The molecule has 5 saturated heterocycles. The van der Waals surface area contributed by atoms with Crippen molar-refractivity contribution in [2.75, 3.05) is 19.8 Å². The van der Waals surface area contributed by atoms with E-state index in [2.05, 4.69) is 27.7 Å². The Kier molecular flexibility index (Phi) is 13.1. The molecule has 0 aromatic carbocycles. The monoisotopic (exact) mass is 900 g/mol. The van der Waals surface area contributed by atoms with Gasteiger partial charge in [-0.15, -0.1) is 0 Å². The Balaban J connectivity index is 0.916. The number of fused-ring (bicyclic) bond motifs is 7. The van der Waals surface area contributed by atoms with Gasteiger partial charge in [0.25, 0.3) is 0 Å². The van der Waals surface area contributed by atoms with Crippen molar-refractivity contribution in [2.24, 2.45) is 52.3 Å². The predicted molar refractivity (Wildman–Crippen MR) is 215 cm³/mol. The summed E-state index contributed by atoms with van der Waals surface area (Å²) >= 11 is 0. The van der Waals surface area contributed by atoms with E-state index in [4.69, 9.17) is 37.9 Å². The minimum atomic E-state index is -1.84. The Morgan fingerprint density at radius 3 is 1.98 bits per heavy atom. The molecule has 18 heteroatoms. The van der Waals surface area contributed by atoms with Crippen LogP contribution in [-0.4, -0.2) is 182 Å². The molecule has 0 aromatic heterocycles. The minimum absolute atomic E-state index is 0.0499. The van der Waals surface area contributed by atoms with E-state index in [0.717, 1.165) is 38.7 Å². The van der Waals surface area contributed by atoms with Crippen molar-refractivity contribution in [1.29, 1.82) is 0 Å². The molecule has 9 aliphatic rings. The summed E-state index contributed by atoms with van der Waals surface area (Å²) in [6, 6.07) is 0. The normalized spacial score (nSPS) is 58.2. The number of carbonyl (C=O) groups is 1. The molecule has 0 amide bonds. The molecule has 18 nitrogen and oxygen atoms in total. The van der Waals surface area contributed by atoms with Gasteiger partial charge in [-0.3, -0.25) is 4.79 Å². The van der Waals surface area contributed by atoms with Crippen molar-refractivity contribution in [3.63, 3.8) is 0 Å². The smallest absolute Gasteiger partial charge is 0.187 e.